The van der Waals surface area contributed by atoms with E-state index in [2.05, 4.69) is 18.2 Å². The average molecular weight is 215 g/mol. The lowest BCUT2D eigenvalue weighted by molar-refractivity contribution is 0.535. The molecule has 0 bridgehead atoms. The van der Waals surface area contributed by atoms with Crippen molar-refractivity contribution in [3.05, 3.63) is 34.9 Å². The highest BCUT2D eigenvalue weighted by atomic mass is 14.6. The second-order valence-electron chi connectivity index (χ2n) is 5.60. The van der Waals surface area contributed by atoms with Crippen LogP contribution in [0.3, 0.4) is 0 Å². The monoisotopic (exact) mass is 215 g/mol. The minimum absolute atomic E-state index is 0.472. The van der Waals surface area contributed by atoms with Crippen LogP contribution >= 0.6 is 0 Å². The minimum atomic E-state index is 0.472. The largest absolute Gasteiger partial charge is 0.328 e. The molecule has 1 heteroatoms. The molecular formula is C15H21N. The molecule has 1 fully saturated rings. The van der Waals surface area contributed by atoms with E-state index in [1.54, 1.807) is 16.7 Å². The van der Waals surface area contributed by atoms with E-state index in [9.17, 15) is 0 Å². The molecule has 86 valence electrons. The molecule has 16 heavy (non-hydrogen) atoms. The molecule has 1 saturated carbocycles. The van der Waals surface area contributed by atoms with Gasteiger partial charge in [0.25, 0.3) is 0 Å². The van der Waals surface area contributed by atoms with E-state index in [4.69, 9.17) is 5.73 Å². The van der Waals surface area contributed by atoms with Gasteiger partial charge in [-0.25, -0.2) is 0 Å². The molecule has 0 aromatic heterocycles. The summed E-state index contributed by atoms with van der Waals surface area (Å²) in [5.74, 6) is 0.842. The fourth-order valence-corrected chi connectivity index (χ4v) is 3.38. The summed E-state index contributed by atoms with van der Waals surface area (Å²) in [5, 5.41) is 0. The third-order valence-corrected chi connectivity index (χ3v) is 4.27. The van der Waals surface area contributed by atoms with Gasteiger partial charge in [-0.05, 0) is 67.6 Å². The van der Waals surface area contributed by atoms with Gasteiger partial charge in [0, 0.05) is 6.04 Å². The van der Waals surface area contributed by atoms with E-state index < -0.39 is 0 Å². The van der Waals surface area contributed by atoms with Gasteiger partial charge in [0.15, 0.2) is 0 Å². The third kappa shape index (κ3) is 2.01. The van der Waals surface area contributed by atoms with E-state index in [0.29, 0.717) is 6.04 Å². The van der Waals surface area contributed by atoms with Gasteiger partial charge in [-0.1, -0.05) is 18.2 Å². The first-order chi connectivity index (χ1) is 7.81. The molecule has 2 aliphatic carbocycles. The van der Waals surface area contributed by atoms with Gasteiger partial charge in [0.2, 0.25) is 0 Å². The van der Waals surface area contributed by atoms with Gasteiger partial charge in [0.05, 0.1) is 0 Å². The zero-order valence-electron chi connectivity index (χ0n) is 9.91. The van der Waals surface area contributed by atoms with Crippen LogP contribution in [0.15, 0.2) is 18.2 Å². The Labute approximate surface area is 98.0 Å². The van der Waals surface area contributed by atoms with Crippen LogP contribution in [0.1, 0.15) is 42.4 Å². The summed E-state index contributed by atoms with van der Waals surface area (Å²) in [4.78, 5) is 0. The number of hydrogen-bond donors (Lipinski definition) is 1. The van der Waals surface area contributed by atoms with Gasteiger partial charge in [-0.2, -0.15) is 0 Å². The Bertz CT molecular complexity index is 383. The molecule has 2 unspecified atom stereocenters. The molecule has 1 aromatic carbocycles. The van der Waals surface area contributed by atoms with Crippen LogP contribution in [0, 0.1) is 5.92 Å². The first-order valence-electron chi connectivity index (χ1n) is 6.67. The van der Waals surface area contributed by atoms with Crippen LogP contribution in [0.5, 0.6) is 0 Å². The van der Waals surface area contributed by atoms with Crippen LogP contribution < -0.4 is 5.73 Å². The maximum atomic E-state index is 5.97. The summed E-state index contributed by atoms with van der Waals surface area (Å²) in [5.41, 5.74) is 10.7. The molecule has 2 N–H and O–H groups in total. The van der Waals surface area contributed by atoms with Crippen molar-refractivity contribution in [3.63, 3.8) is 0 Å². The predicted octanol–water partition coefficient (Wildman–Crippen LogP) is 2.85. The minimum Gasteiger partial charge on any atom is -0.328 e. The molecule has 1 nitrogen and oxygen atoms in total. The van der Waals surface area contributed by atoms with Crippen LogP contribution in [-0.4, -0.2) is 6.04 Å². The smallest absolute Gasteiger partial charge is 0.00416 e. The molecule has 0 heterocycles. The summed E-state index contributed by atoms with van der Waals surface area (Å²) in [6, 6.07) is 7.62. The molecule has 2 atom stereocenters. The third-order valence-electron chi connectivity index (χ3n) is 4.27. The lowest BCUT2D eigenvalue weighted by Gasteiger charge is -2.10. The summed E-state index contributed by atoms with van der Waals surface area (Å²) < 4.78 is 0. The summed E-state index contributed by atoms with van der Waals surface area (Å²) in [6.45, 7) is 0. The van der Waals surface area contributed by atoms with Crippen molar-refractivity contribution in [1.82, 2.24) is 0 Å². The van der Waals surface area contributed by atoms with Crippen LogP contribution in [0.2, 0.25) is 0 Å². The number of aryl methyl sites for hydroxylation is 2. The van der Waals surface area contributed by atoms with E-state index in [-0.39, 0.29) is 0 Å². The quantitative estimate of drug-likeness (QED) is 0.806. The maximum Gasteiger partial charge on any atom is 0.00416 e. The Morgan fingerprint density at radius 2 is 2.00 bits per heavy atom. The molecule has 0 amide bonds. The van der Waals surface area contributed by atoms with E-state index in [0.717, 1.165) is 5.92 Å². The lowest BCUT2D eigenvalue weighted by Crippen LogP contribution is -2.15. The second-order valence-corrected chi connectivity index (χ2v) is 5.60. The van der Waals surface area contributed by atoms with Gasteiger partial charge in [-0.15, -0.1) is 0 Å². The topological polar surface area (TPSA) is 26.0 Å². The molecule has 2 aliphatic rings. The Morgan fingerprint density at radius 3 is 2.81 bits per heavy atom. The van der Waals surface area contributed by atoms with Crippen molar-refractivity contribution in [2.45, 2.75) is 51.0 Å². The average Bonchev–Trinajstić information content (AvgIpc) is 2.87. The molecule has 0 saturated heterocycles. The highest BCUT2D eigenvalue weighted by Gasteiger charge is 2.22. The Morgan fingerprint density at radius 1 is 1.12 bits per heavy atom. The summed E-state index contributed by atoms with van der Waals surface area (Å²) in [6.07, 6.45) is 9.00. The van der Waals surface area contributed by atoms with Crippen molar-refractivity contribution in [3.8, 4) is 0 Å². The highest BCUT2D eigenvalue weighted by Crippen LogP contribution is 2.29. The fourth-order valence-electron chi connectivity index (χ4n) is 3.38. The molecule has 0 radical (unpaired) electrons. The number of nitrogens with two attached hydrogens (primary N) is 1. The van der Waals surface area contributed by atoms with E-state index in [1.165, 1.54) is 44.9 Å². The van der Waals surface area contributed by atoms with Crippen molar-refractivity contribution >= 4 is 0 Å². The zero-order valence-corrected chi connectivity index (χ0v) is 9.91. The number of rotatable bonds is 2. The van der Waals surface area contributed by atoms with Crippen molar-refractivity contribution in [1.29, 1.82) is 0 Å². The lowest BCUT2D eigenvalue weighted by atomic mass is 9.95. The van der Waals surface area contributed by atoms with Gasteiger partial charge in [-0.3, -0.25) is 0 Å². The molecule has 1 aromatic rings. The first kappa shape index (κ1) is 10.3. The number of benzene rings is 1. The first-order valence-corrected chi connectivity index (χ1v) is 6.67. The summed E-state index contributed by atoms with van der Waals surface area (Å²) in [7, 11) is 0. The number of fused-ring (bicyclic) bond motifs is 1. The molecule has 0 aliphatic heterocycles. The SMILES string of the molecule is NC1CCC(Cc2ccc3c(c2)CCC3)C1. The fraction of sp³-hybridized carbons (Fsp3) is 0.600. The van der Waals surface area contributed by atoms with E-state index in [1.807, 2.05) is 0 Å². The Hall–Kier alpha value is -0.820. The van der Waals surface area contributed by atoms with E-state index >= 15 is 0 Å². The van der Waals surface area contributed by atoms with Gasteiger partial charge < -0.3 is 5.73 Å². The molecular weight excluding hydrogens is 194 g/mol. The summed E-state index contributed by atoms with van der Waals surface area (Å²) >= 11 is 0. The van der Waals surface area contributed by atoms with Crippen molar-refractivity contribution in [2.24, 2.45) is 11.7 Å². The van der Waals surface area contributed by atoms with Crippen LogP contribution in [0.25, 0.3) is 0 Å². The van der Waals surface area contributed by atoms with Gasteiger partial charge in [0.1, 0.15) is 0 Å². The normalized spacial score (nSPS) is 28.3. The number of hydrogen-bond acceptors (Lipinski definition) is 1. The van der Waals surface area contributed by atoms with Crippen LogP contribution in [-0.2, 0) is 19.3 Å². The van der Waals surface area contributed by atoms with Crippen LogP contribution in [0.4, 0.5) is 0 Å². The van der Waals surface area contributed by atoms with Gasteiger partial charge >= 0.3 is 0 Å². The molecule has 0 spiro atoms. The highest BCUT2D eigenvalue weighted by molar-refractivity contribution is 5.35. The standard InChI is InChI=1S/C15H21N/c16-15-7-5-12(10-15)8-11-4-6-13-2-1-3-14(13)9-11/h4,6,9,12,15H,1-3,5,7-8,10,16H2. The predicted molar refractivity (Wildman–Crippen MR) is 67.5 cm³/mol. The maximum absolute atomic E-state index is 5.97. The van der Waals surface area contributed by atoms with Crippen molar-refractivity contribution < 1.29 is 0 Å². The Kier molecular flexibility index (Phi) is 2.72. The second kappa shape index (κ2) is 4.21. The van der Waals surface area contributed by atoms with Crippen molar-refractivity contribution in [2.75, 3.05) is 0 Å². The zero-order chi connectivity index (χ0) is 11.0. The molecule has 3 rings (SSSR count). The Balaban J connectivity index is 1.71.